The van der Waals surface area contributed by atoms with Gasteiger partial charge in [-0.25, -0.2) is 0 Å². The molecule has 4 nitrogen and oxygen atoms in total. The molecule has 1 aromatic heterocycles. The van der Waals surface area contributed by atoms with Crippen LogP contribution < -0.4 is 4.74 Å². The van der Waals surface area contributed by atoms with Gasteiger partial charge in [0, 0.05) is 11.1 Å². The third kappa shape index (κ3) is 3.00. The molecule has 0 amide bonds. The number of ether oxygens (including phenoxy) is 1. The minimum atomic E-state index is -0.742. The maximum absolute atomic E-state index is 10.8. The summed E-state index contributed by atoms with van der Waals surface area (Å²) >= 11 is 0. The summed E-state index contributed by atoms with van der Waals surface area (Å²) < 4.78 is 5.79. The smallest absolute Gasteiger partial charge is 0.304 e. The van der Waals surface area contributed by atoms with Gasteiger partial charge in [-0.15, -0.1) is 0 Å². The summed E-state index contributed by atoms with van der Waals surface area (Å²) in [6, 6.07) is 3.85. The lowest BCUT2D eigenvalue weighted by Gasteiger charge is -2.16. The summed E-state index contributed by atoms with van der Waals surface area (Å²) in [5.74, 6) is 0.0496. The lowest BCUT2D eigenvalue weighted by Crippen LogP contribution is -2.18. The molecule has 1 aromatic rings. The average Bonchev–Trinajstić information content (AvgIpc) is 3.06. The molecular weight excluding hydrogens is 230 g/mol. The van der Waals surface area contributed by atoms with Crippen LogP contribution in [0.25, 0.3) is 0 Å². The third-order valence-corrected chi connectivity index (χ3v) is 3.42. The molecule has 1 heterocycles. The molecule has 4 heteroatoms. The highest BCUT2D eigenvalue weighted by molar-refractivity contribution is 5.68. The topological polar surface area (TPSA) is 59.4 Å². The largest absolute Gasteiger partial charge is 0.491 e. The number of aliphatic carboxylic acids is 1. The van der Waals surface area contributed by atoms with Gasteiger partial charge in [0.15, 0.2) is 0 Å². The first-order valence-corrected chi connectivity index (χ1v) is 6.36. The van der Waals surface area contributed by atoms with E-state index in [1.54, 1.807) is 0 Å². The van der Waals surface area contributed by atoms with Crippen molar-refractivity contribution < 1.29 is 14.6 Å². The molecule has 1 fully saturated rings. The number of hydrogen-bond donors (Lipinski definition) is 1. The van der Waals surface area contributed by atoms with Crippen molar-refractivity contribution in [1.29, 1.82) is 0 Å². The Morgan fingerprint density at radius 2 is 2.22 bits per heavy atom. The van der Waals surface area contributed by atoms with E-state index in [0.717, 1.165) is 36.4 Å². The van der Waals surface area contributed by atoms with E-state index in [-0.39, 0.29) is 11.8 Å². The maximum atomic E-state index is 10.8. The molecule has 2 rings (SSSR count). The number of pyridine rings is 1. The van der Waals surface area contributed by atoms with Crippen molar-refractivity contribution in [2.45, 2.75) is 39.5 Å². The van der Waals surface area contributed by atoms with Crippen LogP contribution in [0.4, 0.5) is 0 Å². The molecule has 18 heavy (non-hydrogen) atoms. The zero-order chi connectivity index (χ0) is 13.2. The van der Waals surface area contributed by atoms with Crippen molar-refractivity contribution in [3.63, 3.8) is 0 Å². The Balaban J connectivity index is 2.00. The number of rotatable bonds is 6. The minimum absolute atomic E-state index is 0.137. The van der Waals surface area contributed by atoms with Crippen molar-refractivity contribution in [1.82, 2.24) is 4.98 Å². The number of aromatic nitrogens is 1. The Labute approximate surface area is 107 Å². The molecule has 0 aliphatic heterocycles. The Morgan fingerprint density at radius 1 is 1.50 bits per heavy atom. The van der Waals surface area contributed by atoms with Crippen molar-refractivity contribution >= 4 is 5.97 Å². The highest BCUT2D eigenvalue weighted by Gasteiger charge is 2.45. The normalized spacial score (nSPS) is 16.3. The number of carboxylic acid groups (broad SMARTS) is 1. The predicted molar refractivity (Wildman–Crippen MR) is 67.8 cm³/mol. The van der Waals surface area contributed by atoms with Crippen molar-refractivity contribution in [3.8, 4) is 5.75 Å². The first-order valence-electron chi connectivity index (χ1n) is 6.36. The number of carbonyl (C=O) groups is 1. The SMILES string of the molecule is CCc1nc(C)ccc1OCC1(CC(=O)O)CC1. The van der Waals surface area contributed by atoms with E-state index in [0.29, 0.717) is 6.61 Å². The summed E-state index contributed by atoms with van der Waals surface area (Å²) in [4.78, 5) is 15.2. The van der Waals surface area contributed by atoms with Gasteiger partial charge in [-0.1, -0.05) is 6.92 Å². The zero-order valence-corrected chi connectivity index (χ0v) is 10.9. The van der Waals surface area contributed by atoms with Crippen molar-refractivity contribution in [3.05, 3.63) is 23.5 Å². The van der Waals surface area contributed by atoms with E-state index >= 15 is 0 Å². The van der Waals surface area contributed by atoms with E-state index in [1.807, 2.05) is 26.0 Å². The second-order valence-electron chi connectivity index (χ2n) is 5.11. The summed E-state index contributed by atoms with van der Waals surface area (Å²) in [6.07, 6.45) is 2.91. The molecule has 0 spiro atoms. The van der Waals surface area contributed by atoms with Crippen LogP contribution in [0, 0.1) is 12.3 Å². The molecule has 0 saturated heterocycles. The van der Waals surface area contributed by atoms with E-state index in [2.05, 4.69) is 4.98 Å². The Bertz CT molecular complexity index is 452. The van der Waals surface area contributed by atoms with E-state index in [4.69, 9.17) is 9.84 Å². The standard InChI is InChI=1S/C14H19NO3/c1-3-11-12(5-4-10(2)15-11)18-9-14(6-7-14)8-13(16)17/h4-5H,3,6-9H2,1-2H3,(H,16,17). The van der Waals surface area contributed by atoms with Crippen LogP contribution in [0.3, 0.4) is 0 Å². The maximum Gasteiger partial charge on any atom is 0.304 e. The van der Waals surface area contributed by atoms with Gasteiger partial charge >= 0.3 is 5.97 Å². The van der Waals surface area contributed by atoms with Crippen molar-refractivity contribution in [2.75, 3.05) is 6.61 Å². The number of carboxylic acids is 1. The van der Waals surface area contributed by atoms with E-state index < -0.39 is 5.97 Å². The molecule has 0 aromatic carbocycles. The van der Waals surface area contributed by atoms with Gasteiger partial charge in [-0.2, -0.15) is 0 Å². The zero-order valence-electron chi connectivity index (χ0n) is 10.9. The highest BCUT2D eigenvalue weighted by Crippen LogP contribution is 2.49. The minimum Gasteiger partial charge on any atom is -0.491 e. The Kier molecular flexibility index (Phi) is 3.55. The van der Waals surface area contributed by atoms with Gasteiger partial charge in [0.1, 0.15) is 5.75 Å². The molecule has 1 aliphatic rings. The van der Waals surface area contributed by atoms with Crippen LogP contribution in [0.2, 0.25) is 0 Å². The third-order valence-electron chi connectivity index (χ3n) is 3.42. The average molecular weight is 249 g/mol. The van der Waals surface area contributed by atoms with Crippen LogP contribution in [0.5, 0.6) is 5.75 Å². The summed E-state index contributed by atoms with van der Waals surface area (Å²) in [5.41, 5.74) is 1.79. The van der Waals surface area contributed by atoms with Crippen LogP contribution in [-0.2, 0) is 11.2 Å². The Hall–Kier alpha value is -1.58. The molecule has 0 radical (unpaired) electrons. The lowest BCUT2D eigenvalue weighted by molar-refractivity contribution is -0.138. The van der Waals surface area contributed by atoms with Gasteiger partial charge < -0.3 is 9.84 Å². The molecule has 0 bridgehead atoms. The van der Waals surface area contributed by atoms with E-state index in [1.165, 1.54) is 0 Å². The fourth-order valence-electron chi connectivity index (χ4n) is 2.08. The van der Waals surface area contributed by atoms with Crippen molar-refractivity contribution in [2.24, 2.45) is 5.41 Å². The molecule has 0 atom stereocenters. The van der Waals surface area contributed by atoms with Crippen LogP contribution in [0.1, 0.15) is 37.6 Å². The number of hydrogen-bond acceptors (Lipinski definition) is 3. The van der Waals surface area contributed by atoms with Crippen LogP contribution in [0.15, 0.2) is 12.1 Å². The van der Waals surface area contributed by atoms with Gasteiger partial charge in [0.05, 0.1) is 18.7 Å². The summed E-state index contributed by atoms with van der Waals surface area (Å²) in [6.45, 7) is 4.48. The Morgan fingerprint density at radius 3 is 2.78 bits per heavy atom. The second kappa shape index (κ2) is 4.96. The van der Waals surface area contributed by atoms with Crippen LogP contribution in [-0.4, -0.2) is 22.7 Å². The van der Waals surface area contributed by atoms with Gasteiger partial charge in [0.25, 0.3) is 0 Å². The quantitative estimate of drug-likeness (QED) is 0.841. The first kappa shape index (κ1) is 12.9. The number of nitrogens with zero attached hydrogens (tertiary/aromatic N) is 1. The van der Waals surface area contributed by atoms with Gasteiger partial charge in [-0.05, 0) is 38.3 Å². The fourth-order valence-corrected chi connectivity index (χ4v) is 2.08. The van der Waals surface area contributed by atoms with Gasteiger partial charge in [0.2, 0.25) is 0 Å². The predicted octanol–water partition coefficient (Wildman–Crippen LogP) is 2.59. The molecular formula is C14H19NO3. The molecule has 1 saturated carbocycles. The summed E-state index contributed by atoms with van der Waals surface area (Å²) in [5, 5.41) is 8.86. The molecule has 98 valence electrons. The van der Waals surface area contributed by atoms with Gasteiger partial charge in [-0.3, -0.25) is 9.78 Å². The monoisotopic (exact) mass is 249 g/mol. The number of aryl methyl sites for hydroxylation is 2. The van der Waals surface area contributed by atoms with E-state index in [9.17, 15) is 4.79 Å². The summed E-state index contributed by atoms with van der Waals surface area (Å²) in [7, 11) is 0. The fraction of sp³-hybridized carbons (Fsp3) is 0.571. The molecule has 0 unspecified atom stereocenters. The highest BCUT2D eigenvalue weighted by atomic mass is 16.5. The first-order chi connectivity index (χ1) is 8.54. The molecule has 1 aliphatic carbocycles. The molecule has 1 N–H and O–H groups in total. The second-order valence-corrected chi connectivity index (χ2v) is 5.11. The van der Waals surface area contributed by atoms with Crippen LogP contribution >= 0.6 is 0 Å². The lowest BCUT2D eigenvalue weighted by atomic mass is 10.0.